The van der Waals surface area contributed by atoms with E-state index < -0.39 is 22.2 Å². The first-order valence-corrected chi connectivity index (χ1v) is 4.95. The van der Waals surface area contributed by atoms with Gasteiger partial charge in [0.25, 0.3) is 0 Å². The van der Waals surface area contributed by atoms with Gasteiger partial charge in [0.2, 0.25) is 5.82 Å². The number of anilines is 1. The summed E-state index contributed by atoms with van der Waals surface area (Å²) in [4.78, 5) is 9.77. The second-order valence-corrected chi connectivity index (χ2v) is 3.87. The second kappa shape index (κ2) is 4.03. The van der Waals surface area contributed by atoms with E-state index in [1.54, 1.807) is 0 Å². The number of nitro benzene ring substituents is 1. The Morgan fingerprint density at radius 2 is 2.12 bits per heavy atom. The molecule has 1 aromatic carbocycles. The Kier molecular flexibility index (Phi) is 2.72. The predicted octanol–water partition coefficient (Wildman–Crippen LogP) is 2.69. The third kappa shape index (κ3) is 2.26. The molecule has 1 N–H and O–H groups in total. The minimum Gasteiger partial charge on any atom is -0.379 e. The number of hydrogen-bond donors (Lipinski definition) is 1. The summed E-state index contributed by atoms with van der Waals surface area (Å²) in [5.74, 6) is -1.50. The standard InChI is InChI=1S/C10H10F2N2O2/c11-7-3-8(12)10(14(15)16)9(4-7)13-5-6-1-2-6/h3-4,6,13H,1-2,5H2. The zero-order valence-electron chi connectivity index (χ0n) is 8.37. The fourth-order valence-electron chi connectivity index (χ4n) is 1.46. The quantitative estimate of drug-likeness (QED) is 0.636. The molecule has 2 rings (SSSR count). The lowest BCUT2D eigenvalue weighted by molar-refractivity contribution is -0.386. The van der Waals surface area contributed by atoms with E-state index in [9.17, 15) is 18.9 Å². The molecule has 0 amide bonds. The van der Waals surface area contributed by atoms with Gasteiger partial charge in [0.1, 0.15) is 11.5 Å². The topological polar surface area (TPSA) is 55.2 Å². The fourth-order valence-corrected chi connectivity index (χ4v) is 1.46. The van der Waals surface area contributed by atoms with Crippen LogP contribution in [0.2, 0.25) is 0 Å². The largest absolute Gasteiger partial charge is 0.379 e. The van der Waals surface area contributed by atoms with Crippen molar-refractivity contribution in [3.63, 3.8) is 0 Å². The lowest BCUT2D eigenvalue weighted by atomic mass is 10.2. The van der Waals surface area contributed by atoms with E-state index in [1.807, 2.05) is 0 Å². The number of benzene rings is 1. The number of nitro groups is 1. The zero-order chi connectivity index (χ0) is 11.7. The van der Waals surface area contributed by atoms with Crippen LogP contribution in [0.4, 0.5) is 20.2 Å². The predicted molar refractivity (Wildman–Crippen MR) is 54.2 cm³/mol. The number of hydrogen-bond acceptors (Lipinski definition) is 3. The minimum absolute atomic E-state index is 0.0885. The number of halogens is 2. The monoisotopic (exact) mass is 228 g/mol. The number of nitrogens with zero attached hydrogens (tertiary/aromatic N) is 1. The van der Waals surface area contributed by atoms with Gasteiger partial charge in [-0.1, -0.05) is 0 Å². The molecule has 4 nitrogen and oxygen atoms in total. The first kappa shape index (κ1) is 10.8. The van der Waals surface area contributed by atoms with E-state index in [4.69, 9.17) is 0 Å². The van der Waals surface area contributed by atoms with Gasteiger partial charge in [-0.25, -0.2) is 4.39 Å². The Morgan fingerprint density at radius 3 is 2.69 bits per heavy atom. The molecule has 0 unspecified atom stereocenters. The first-order valence-electron chi connectivity index (χ1n) is 4.95. The summed E-state index contributed by atoms with van der Waals surface area (Å²) in [6, 6.07) is 1.46. The summed E-state index contributed by atoms with van der Waals surface area (Å²) in [5.41, 5.74) is -0.781. The molecule has 86 valence electrons. The third-order valence-electron chi connectivity index (χ3n) is 2.49. The zero-order valence-corrected chi connectivity index (χ0v) is 8.37. The third-order valence-corrected chi connectivity index (χ3v) is 2.49. The molecule has 1 fully saturated rings. The molecule has 0 bridgehead atoms. The van der Waals surface area contributed by atoms with Crippen molar-refractivity contribution in [2.75, 3.05) is 11.9 Å². The SMILES string of the molecule is O=[N+]([O-])c1c(F)cc(F)cc1NCC1CC1. The molecule has 0 saturated heterocycles. The van der Waals surface area contributed by atoms with Crippen LogP contribution in [0.3, 0.4) is 0 Å². The van der Waals surface area contributed by atoms with Crippen molar-refractivity contribution in [1.82, 2.24) is 0 Å². The van der Waals surface area contributed by atoms with Crippen molar-refractivity contribution in [2.45, 2.75) is 12.8 Å². The Labute approximate surface area is 90.4 Å². The van der Waals surface area contributed by atoms with Crippen LogP contribution in [0, 0.1) is 27.7 Å². The second-order valence-electron chi connectivity index (χ2n) is 3.87. The van der Waals surface area contributed by atoms with Crippen LogP contribution in [0.1, 0.15) is 12.8 Å². The summed E-state index contributed by atoms with van der Waals surface area (Å²) < 4.78 is 26.1. The molecule has 16 heavy (non-hydrogen) atoms. The van der Waals surface area contributed by atoms with Crippen LogP contribution < -0.4 is 5.32 Å². The Bertz CT molecular complexity index is 433. The van der Waals surface area contributed by atoms with E-state index in [-0.39, 0.29) is 5.69 Å². The maximum atomic E-state index is 13.2. The van der Waals surface area contributed by atoms with E-state index in [0.29, 0.717) is 18.5 Å². The highest BCUT2D eigenvalue weighted by Crippen LogP contribution is 2.32. The van der Waals surface area contributed by atoms with Crippen molar-refractivity contribution in [3.05, 3.63) is 33.9 Å². The highest BCUT2D eigenvalue weighted by atomic mass is 19.1. The van der Waals surface area contributed by atoms with Crippen LogP contribution in [0.5, 0.6) is 0 Å². The van der Waals surface area contributed by atoms with Gasteiger partial charge in [0, 0.05) is 18.7 Å². The summed E-state index contributed by atoms with van der Waals surface area (Å²) in [6.07, 6.45) is 2.11. The number of rotatable bonds is 4. The minimum atomic E-state index is -1.15. The first-order chi connectivity index (χ1) is 7.58. The van der Waals surface area contributed by atoms with Crippen molar-refractivity contribution in [2.24, 2.45) is 5.92 Å². The summed E-state index contributed by atoms with van der Waals surface area (Å²) >= 11 is 0. The van der Waals surface area contributed by atoms with Gasteiger partial charge in [-0.05, 0) is 18.8 Å². The molecular formula is C10H10F2N2O2. The van der Waals surface area contributed by atoms with Gasteiger partial charge < -0.3 is 5.32 Å². The Morgan fingerprint density at radius 1 is 1.44 bits per heavy atom. The molecular weight excluding hydrogens is 218 g/mol. The van der Waals surface area contributed by atoms with E-state index in [1.165, 1.54) is 0 Å². The van der Waals surface area contributed by atoms with Gasteiger partial charge in [-0.3, -0.25) is 10.1 Å². The molecule has 1 aromatic rings. The maximum Gasteiger partial charge on any atom is 0.327 e. The van der Waals surface area contributed by atoms with Gasteiger partial charge in [-0.2, -0.15) is 4.39 Å². The lowest BCUT2D eigenvalue weighted by Crippen LogP contribution is -2.07. The van der Waals surface area contributed by atoms with Gasteiger partial charge in [-0.15, -0.1) is 0 Å². The molecule has 6 heteroatoms. The Hall–Kier alpha value is -1.72. The van der Waals surface area contributed by atoms with E-state index in [0.717, 1.165) is 18.9 Å². The van der Waals surface area contributed by atoms with Crippen LogP contribution in [0.15, 0.2) is 12.1 Å². The van der Waals surface area contributed by atoms with E-state index in [2.05, 4.69) is 5.32 Å². The molecule has 1 aliphatic rings. The summed E-state index contributed by atoms with van der Waals surface area (Å²) in [7, 11) is 0. The van der Waals surface area contributed by atoms with Gasteiger partial charge >= 0.3 is 5.69 Å². The van der Waals surface area contributed by atoms with Crippen molar-refractivity contribution >= 4 is 11.4 Å². The molecule has 0 aromatic heterocycles. The molecule has 0 heterocycles. The molecule has 0 radical (unpaired) electrons. The van der Waals surface area contributed by atoms with E-state index >= 15 is 0 Å². The van der Waals surface area contributed by atoms with Crippen LogP contribution in [-0.4, -0.2) is 11.5 Å². The average Bonchev–Trinajstić information content (AvgIpc) is 2.95. The molecule has 1 saturated carbocycles. The summed E-state index contributed by atoms with van der Waals surface area (Å²) in [6.45, 7) is 0.518. The fraction of sp³-hybridized carbons (Fsp3) is 0.400. The van der Waals surface area contributed by atoms with Crippen molar-refractivity contribution in [1.29, 1.82) is 0 Å². The van der Waals surface area contributed by atoms with Crippen LogP contribution in [-0.2, 0) is 0 Å². The molecule has 0 aliphatic heterocycles. The van der Waals surface area contributed by atoms with Crippen LogP contribution >= 0.6 is 0 Å². The highest BCUT2D eigenvalue weighted by Gasteiger charge is 2.25. The number of nitrogens with one attached hydrogen (secondary N) is 1. The highest BCUT2D eigenvalue weighted by molar-refractivity contribution is 5.62. The van der Waals surface area contributed by atoms with Gasteiger partial charge in [0.15, 0.2) is 0 Å². The normalized spacial score (nSPS) is 14.9. The Balaban J connectivity index is 2.27. The van der Waals surface area contributed by atoms with Crippen LogP contribution in [0.25, 0.3) is 0 Å². The maximum absolute atomic E-state index is 13.2. The lowest BCUT2D eigenvalue weighted by Gasteiger charge is -2.06. The molecule has 0 spiro atoms. The molecule has 0 atom stereocenters. The molecule has 1 aliphatic carbocycles. The van der Waals surface area contributed by atoms with Crippen molar-refractivity contribution in [3.8, 4) is 0 Å². The average molecular weight is 228 g/mol. The summed E-state index contributed by atoms with van der Waals surface area (Å²) in [5, 5.41) is 13.3. The van der Waals surface area contributed by atoms with Crippen molar-refractivity contribution < 1.29 is 13.7 Å². The smallest absolute Gasteiger partial charge is 0.327 e. The van der Waals surface area contributed by atoms with Gasteiger partial charge in [0.05, 0.1) is 4.92 Å².